The lowest BCUT2D eigenvalue weighted by Gasteiger charge is -2.16. The highest BCUT2D eigenvalue weighted by atomic mass is 35.5. The van der Waals surface area contributed by atoms with Gasteiger partial charge in [-0.05, 0) is 29.3 Å². The zero-order valence-corrected chi connectivity index (χ0v) is 16.2. The highest BCUT2D eigenvalue weighted by Crippen LogP contribution is 2.32. The standard InChI is InChI=1S/C18H20ClN5O5/c1-28-10-4-2-9(3-5-10)6-20-15-12-16(23-18(19)22-15)24(8-21-12)17-14(27)13(26)11(7-25)29-17/h2-5,8,11,13-14,17,25-27H,6-7H2,1H3,(H,20,22,23)/t11-,13-,14-,17-/m1/s1. The average Bonchev–Trinajstić information content (AvgIpc) is 3.27. The third-order valence-corrected chi connectivity index (χ3v) is 4.97. The summed E-state index contributed by atoms with van der Waals surface area (Å²) in [7, 11) is 1.61. The fraction of sp³-hybridized carbons (Fsp3) is 0.389. The van der Waals surface area contributed by atoms with E-state index in [-0.39, 0.29) is 5.28 Å². The molecule has 0 unspecified atom stereocenters. The first-order chi connectivity index (χ1) is 14.0. The Bertz CT molecular complexity index is 998. The molecule has 0 spiro atoms. The first kappa shape index (κ1) is 19.8. The van der Waals surface area contributed by atoms with Crippen LogP contribution in [0.3, 0.4) is 0 Å². The number of aromatic nitrogens is 4. The van der Waals surface area contributed by atoms with E-state index in [0.717, 1.165) is 11.3 Å². The summed E-state index contributed by atoms with van der Waals surface area (Å²) in [5.41, 5.74) is 1.76. The SMILES string of the molecule is COc1ccc(CNc2nc(Cl)nc3c2ncn3[C@@H]2O[C@H](CO)[C@@H](O)[C@H]2O)cc1. The van der Waals surface area contributed by atoms with Crippen LogP contribution in [0.4, 0.5) is 5.82 Å². The number of halogens is 1. The lowest BCUT2D eigenvalue weighted by atomic mass is 10.1. The van der Waals surface area contributed by atoms with Gasteiger partial charge in [0.05, 0.1) is 20.0 Å². The van der Waals surface area contributed by atoms with Crippen molar-refractivity contribution >= 4 is 28.6 Å². The number of anilines is 1. The normalized spacial score (nSPS) is 24.2. The summed E-state index contributed by atoms with van der Waals surface area (Å²) in [5, 5.41) is 32.8. The smallest absolute Gasteiger partial charge is 0.226 e. The van der Waals surface area contributed by atoms with Crippen LogP contribution in [0.5, 0.6) is 5.75 Å². The number of hydrogen-bond acceptors (Lipinski definition) is 9. The van der Waals surface area contributed by atoms with Gasteiger partial charge < -0.3 is 30.1 Å². The summed E-state index contributed by atoms with van der Waals surface area (Å²) in [6, 6.07) is 7.55. The number of benzene rings is 1. The molecule has 1 fully saturated rings. The molecule has 0 bridgehead atoms. The molecule has 1 aliphatic rings. The van der Waals surface area contributed by atoms with Gasteiger partial charge in [0.2, 0.25) is 5.28 Å². The van der Waals surface area contributed by atoms with Crippen molar-refractivity contribution in [1.29, 1.82) is 0 Å². The Kier molecular flexibility index (Phi) is 5.52. The van der Waals surface area contributed by atoms with Crippen LogP contribution in [0.25, 0.3) is 11.2 Å². The number of nitrogens with one attached hydrogen (secondary N) is 1. The van der Waals surface area contributed by atoms with E-state index in [1.807, 2.05) is 24.3 Å². The maximum Gasteiger partial charge on any atom is 0.226 e. The van der Waals surface area contributed by atoms with Gasteiger partial charge in [0.25, 0.3) is 0 Å². The van der Waals surface area contributed by atoms with E-state index >= 15 is 0 Å². The number of methoxy groups -OCH3 is 1. The molecular weight excluding hydrogens is 402 g/mol. The Labute approximate surface area is 170 Å². The van der Waals surface area contributed by atoms with Gasteiger partial charge >= 0.3 is 0 Å². The molecule has 0 radical (unpaired) electrons. The van der Waals surface area contributed by atoms with E-state index in [1.54, 1.807) is 7.11 Å². The molecule has 29 heavy (non-hydrogen) atoms. The predicted molar refractivity (Wildman–Crippen MR) is 104 cm³/mol. The van der Waals surface area contributed by atoms with Crippen molar-refractivity contribution in [3.8, 4) is 5.75 Å². The first-order valence-electron chi connectivity index (χ1n) is 8.91. The third kappa shape index (κ3) is 3.72. The van der Waals surface area contributed by atoms with Crippen LogP contribution < -0.4 is 10.1 Å². The van der Waals surface area contributed by atoms with Gasteiger partial charge in [-0.25, -0.2) is 4.98 Å². The lowest BCUT2D eigenvalue weighted by Crippen LogP contribution is -2.33. The number of fused-ring (bicyclic) bond motifs is 1. The summed E-state index contributed by atoms with van der Waals surface area (Å²) in [6.45, 7) is 0.0406. The van der Waals surface area contributed by atoms with Crippen molar-refractivity contribution in [2.45, 2.75) is 31.1 Å². The second kappa shape index (κ2) is 8.09. The quantitative estimate of drug-likeness (QED) is 0.424. The van der Waals surface area contributed by atoms with Crippen LogP contribution in [-0.4, -0.2) is 66.9 Å². The van der Waals surface area contributed by atoms with E-state index in [4.69, 9.17) is 21.1 Å². The van der Waals surface area contributed by atoms with Gasteiger partial charge in [-0.3, -0.25) is 4.57 Å². The molecule has 0 saturated carbocycles. The van der Waals surface area contributed by atoms with Gasteiger partial charge in [0, 0.05) is 6.54 Å². The number of ether oxygens (including phenoxy) is 2. The minimum atomic E-state index is -1.26. The number of imidazole rings is 1. The Morgan fingerprint density at radius 2 is 1.97 bits per heavy atom. The fourth-order valence-corrected chi connectivity index (χ4v) is 3.40. The summed E-state index contributed by atoms with van der Waals surface area (Å²) >= 11 is 6.09. The van der Waals surface area contributed by atoms with Crippen molar-refractivity contribution in [2.75, 3.05) is 19.0 Å². The van der Waals surface area contributed by atoms with Crippen molar-refractivity contribution in [1.82, 2.24) is 19.5 Å². The molecule has 3 aromatic rings. The summed E-state index contributed by atoms with van der Waals surface area (Å²) in [4.78, 5) is 12.7. The molecule has 11 heteroatoms. The summed E-state index contributed by atoms with van der Waals surface area (Å²) in [5.74, 6) is 1.18. The molecule has 2 aromatic heterocycles. The number of hydrogen-bond donors (Lipinski definition) is 4. The number of nitrogens with zero attached hydrogens (tertiary/aromatic N) is 4. The average molecular weight is 422 g/mol. The van der Waals surface area contributed by atoms with Gasteiger partial charge in [0.15, 0.2) is 23.2 Å². The van der Waals surface area contributed by atoms with Gasteiger partial charge in [-0.1, -0.05) is 12.1 Å². The highest BCUT2D eigenvalue weighted by molar-refractivity contribution is 6.28. The summed E-state index contributed by atoms with van der Waals surface area (Å²) in [6.07, 6.45) is -2.93. The highest BCUT2D eigenvalue weighted by Gasteiger charge is 2.44. The molecule has 0 amide bonds. The molecular formula is C18H20ClN5O5. The minimum Gasteiger partial charge on any atom is -0.497 e. The van der Waals surface area contributed by atoms with Crippen molar-refractivity contribution < 1.29 is 24.8 Å². The molecule has 4 atom stereocenters. The van der Waals surface area contributed by atoms with Crippen LogP contribution in [-0.2, 0) is 11.3 Å². The van der Waals surface area contributed by atoms with E-state index < -0.39 is 31.1 Å². The monoisotopic (exact) mass is 421 g/mol. The van der Waals surface area contributed by atoms with Crippen LogP contribution in [0.1, 0.15) is 11.8 Å². The molecule has 4 rings (SSSR count). The second-order valence-electron chi connectivity index (χ2n) is 6.60. The van der Waals surface area contributed by atoms with Crippen LogP contribution in [0, 0.1) is 0 Å². The third-order valence-electron chi connectivity index (χ3n) is 4.80. The number of aliphatic hydroxyl groups excluding tert-OH is 3. The molecule has 0 aliphatic carbocycles. The largest absolute Gasteiger partial charge is 0.497 e. The molecule has 154 valence electrons. The van der Waals surface area contributed by atoms with Crippen molar-refractivity contribution in [3.05, 3.63) is 41.4 Å². The molecule has 4 N–H and O–H groups in total. The Morgan fingerprint density at radius 1 is 1.21 bits per heavy atom. The van der Waals surface area contributed by atoms with Gasteiger partial charge in [0.1, 0.15) is 24.1 Å². The maximum absolute atomic E-state index is 10.3. The van der Waals surface area contributed by atoms with Crippen molar-refractivity contribution in [2.24, 2.45) is 0 Å². The van der Waals surface area contributed by atoms with E-state index in [9.17, 15) is 15.3 Å². The molecule has 3 heterocycles. The van der Waals surface area contributed by atoms with Gasteiger partial charge in [-0.15, -0.1) is 0 Å². The Hall–Kier alpha value is -2.50. The van der Waals surface area contributed by atoms with Crippen LogP contribution in [0.15, 0.2) is 30.6 Å². The van der Waals surface area contributed by atoms with Gasteiger partial charge in [-0.2, -0.15) is 9.97 Å². The number of aliphatic hydroxyl groups is 3. The topological polar surface area (TPSA) is 135 Å². The first-order valence-corrected chi connectivity index (χ1v) is 9.29. The van der Waals surface area contributed by atoms with E-state index in [0.29, 0.717) is 23.5 Å². The molecule has 1 saturated heterocycles. The van der Waals surface area contributed by atoms with Crippen LogP contribution >= 0.6 is 11.6 Å². The van der Waals surface area contributed by atoms with E-state index in [2.05, 4.69) is 20.3 Å². The zero-order chi connectivity index (χ0) is 20.5. The van der Waals surface area contributed by atoms with E-state index in [1.165, 1.54) is 10.9 Å². The second-order valence-corrected chi connectivity index (χ2v) is 6.93. The Morgan fingerprint density at radius 3 is 2.62 bits per heavy atom. The fourth-order valence-electron chi connectivity index (χ4n) is 3.24. The molecule has 1 aromatic carbocycles. The maximum atomic E-state index is 10.3. The number of rotatable bonds is 6. The zero-order valence-electron chi connectivity index (χ0n) is 15.4. The Balaban J connectivity index is 1.61. The minimum absolute atomic E-state index is 0.0109. The lowest BCUT2D eigenvalue weighted by molar-refractivity contribution is -0.0511. The van der Waals surface area contributed by atoms with Crippen molar-refractivity contribution in [3.63, 3.8) is 0 Å². The molecule has 10 nitrogen and oxygen atoms in total. The van der Waals surface area contributed by atoms with Crippen LogP contribution in [0.2, 0.25) is 5.28 Å². The molecule has 1 aliphatic heterocycles. The predicted octanol–water partition coefficient (Wildman–Crippen LogP) is 0.712. The summed E-state index contributed by atoms with van der Waals surface area (Å²) < 4.78 is 12.2.